The number of hydrogen-bond acceptors (Lipinski definition) is 4. The number of benzene rings is 1. The lowest BCUT2D eigenvalue weighted by molar-refractivity contribution is -0.00257. The van der Waals surface area contributed by atoms with Gasteiger partial charge in [0, 0.05) is 20.1 Å². The fourth-order valence-electron chi connectivity index (χ4n) is 2.97. The second kappa shape index (κ2) is 6.07. The molecule has 1 saturated heterocycles. The van der Waals surface area contributed by atoms with E-state index >= 15 is 0 Å². The molecule has 1 aromatic carbocycles. The van der Waals surface area contributed by atoms with Crippen molar-refractivity contribution >= 4 is 10.0 Å². The molecule has 124 valence electrons. The Balaban J connectivity index is 1.91. The average molecular weight is 335 g/mol. The van der Waals surface area contributed by atoms with Crippen LogP contribution >= 0.6 is 0 Å². The van der Waals surface area contributed by atoms with Crippen LogP contribution in [-0.2, 0) is 21.8 Å². The van der Waals surface area contributed by atoms with Gasteiger partial charge in [-0.25, -0.2) is 8.42 Å². The predicted molar refractivity (Wildman–Crippen MR) is 86.6 cm³/mol. The summed E-state index contributed by atoms with van der Waals surface area (Å²) in [6, 6.07) is 9.72. The molecule has 7 heteroatoms. The van der Waals surface area contributed by atoms with E-state index in [4.69, 9.17) is 4.74 Å². The van der Waals surface area contributed by atoms with E-state index in [1.165, 1.54) is 4.31 Å². The SMILES string of the molecule is Cc1nn(C)c(C)c1S(=O)(=O)N1CCO[C@@H](c2ccccc2)C1. The van der Waals surface area contributed by atoms with Gasteiger partial charge in [-0.05, 0) is 19.4 Å². The summed E-state index contributed by atoms with van der Waals surface area (Å²) in [5.74, 6) is 0. The van der Waals surface area contributed by atoms with Crippen molar-refractivity contribution in [2.24, 2.45) is 7.05 Å². The molecule has 2 aromatic rings. The van der Waals surface area contributed by atoms with E-state index in [-0.39, 0.29) is 6.10 Å². The van der Waals surface area contributed by atoms with Gasteiger partial charge in [-0.2, -0.15) is 9.40 Å². The smallest absolute Gasteiger partial charge is 0.246 e. The lowest BCUT2D eigenvalue weighted by atomic mass is 10.1. The van der Waals surface area contributed by atoms with Crippen molar-refractivity contribution < 1.29 is 13.2 Å². The molecule has 1 aliphatic rings. The molecule has 1 aliphatic heterocycles. The Morgan fingerprint density at radius 3 is 2.52 bits per heavy atom. The zero-order valence-corrected chi connectivity index (χ0v) is 14.4. The van der Waals surface area contributed by atoms with E-state index in [9.17, 15) is 8.42 Å². The summed E-state index contributed by atoms with van der Waals surface area (Å²) in [5.41, 5.74) is 2.19. The van der Waals surface area contributed by atoms with Crippen LogP contribution in [0.1, 0.15) is 23.1 Å². The van der Waals surface area contributed by atoms with Crippen LogP contribution in [0, 0.1) is 13.8 Å². The van der Waals surface area contributed by atoms with Crippen LogP contribution in [0.25, 0.3) is 0 Å². The quantitative estimate of drug-likeness (QED) is 0.858. The van der Waals surface area contributed by atoms with Crippen LogP contribution in [0.4, 0.5) is 0 Å². The fourth-order valence-corrected chi connectivity index (χ4v) is 4.79. The summed E-state index contributed by atoms with van der Waals surface area (Å²) in [6.45, 7) is 4.58. The minimum Gasteiger partial charge on any atom is -0.371 e. The molecule has 0 amide bonds. The van der Waals surface area contributed by atoms with Crippen LogP contribution in [0.15, 0.2) is 35.2 Å². The standard InChI is InChI=1S/C16H21N3O3S/c1-12-16(13(2)18(3)17-12)23(20,21)19-9-10-22-15(11-19)14-7-5-4-6-8-14/h4-8,15H,9-11H2,1-3H3/t15-/m1/s1. The molecular formula is C16H21N3O3S. The highest BCUT2D eigenvalue weighted by atomic mass is 32.2. The van der Waals surface area contributed by atoms with Gasteiger partial charge in [-0.3, -0.25) is 4.68 Å². The molecule has 1 fully saturated rings. The maximum atomic E-state index is 13.0. The number of hydrogen-bond donors (Lipinski definition) is 0. The number of aryl methyl sites for hydroxylation is 2. The number of aromatic nitrogens is 2. The van der Waals surface area contributed by atoms with E-state index in [0.717, 1.165) is 5.56 Å². The fraction of sp³-hybridized carbons (Fsp3) is 0.438. The maximum absolute atomic E-state index is 13.0. The molecule has 1 aromatic heterocycles. The van der Waals surface area contributed by atoms with Crippen LogP contribution in [0.2, 0.25) is 0 Å². The van der Waals surface area contributed by atoms with Gasteiger partial charge in [0.15, 0.2) is 0 Å². The second-order valence-corrected chi connectivity index (χ2v) is 7.63. The number of sulfonamides is 1. The number of ether oxygens (including phenoxy) is 1. The molecule has 3 rings (SSSR count). The third-order valence-electron chi connectivity index (χ3n) is 4.24. The summed E-state index contributed by atoms with van der Waals surface area (Å²) in [6.07, 6.45) is -0.239. The summed E-state index contributed by atoms with van der Waals surface area (Å²) < 4.78 is 34.9. The first kappa shape index (κ1) is 16.2. The van der Waals surface area contributed by atoms with Gasteiger partial charge in [0.1, 0.15) is 4.90 Å². The van der Waals surface area contributed by atoms with Crippen molar-refractivity contribution in [2.75, 3.05) is 19.7 Å². The third kappa shape index (κ3) is 2.91. The van der Waals surface area contributed by atoms with Crippen molar-refractivity contribution in [1.82, 2.24) is 14.1 Å². The van der Waals surface area contributed by atoms with E-state index in [1.807, 2.05) is 30.3 Å². The molecule has 0 N–H and O–H groups in total. The van der Waals surface area contributed by atoms with Crippen molar-refractivity contribution in [3.05, 3.63) is 47.3 Å². The first-order valence-corrected chi connectivity index (χ1v) is 9.02. The molecule has 0 radical (unpaired) electrons. The van der Waals surface area contributed by atoms with Crippen molar-refractivity contribution in [3.8, 4) is 0 Å². The summed E-state index contributed by atoms with van der Waals surface area (Å²) >= 11 is 0. The van der Waals surface area contributed by atoms with Crippen molar-refractivity contribution in [3.63, 3.8) is 0 Å². The molecule has 2 heterocycles. The second-order valence-electron chi connectivity index (χ2n) is 5.76. The predicted octanol–water partition coefficient (Wildman–Crippen LogP) is 1.80. The Morgan fingerprint density at radius 1 is 1.22 bits per heavy atom. The molecule has 0 bridgehead atoms. The van der Waals surface area contributed by atoms with Crippen LogP contribution < -0.4 is 0 Å². The first-order chi connectivity index (χ1) is 10.9. The maximum Gasteiger partial charge on any atom is 0.246 e. The zero-order valence-electron chi connectivity index (χ0n) is 13.6. The summed E-state index contributed by atoms with van der Waals surface area (Å²) in [7, 11) is -1.82. The van der Waals surface area contributed by atoms with Gasteiger partial charge >= 0.3 is 0 Å². The lowest BCUT2D eigenvalue weighted by Gasteiger charge is -2.32. The van der Waals surface area contributed by atoms with Crippen LogP contribution in [0.3, 0.4) is 0 Å². The number of morpholine rings is 1. The first-order valence-electron chi connectivity index (χ1n) is 7.58. The molecule has 0 aliphatic carbocycles. The minimum atomic E-state index is -3.57. The van der Waals surface area contributed by atoms with E-state index < -0.39 is 10.0 Å². The van der Waals surface area contributed by atoms with Gasteiger partial charge in [0.25, 0.3) is 0 Å². The Bertz CT molecular complexity index is 799. The molecule has 6 nitrogen and oxygen atoms in total. The molecule has 0 unspecified atom stereocenters. The van der Waals surface area contributed by atoms with Crippen LogP contribution in [0.5, 0.6) is 0 Å². The van der Waals surface area contributed by atoms with E-state index in [2.05, 4.69) is 5.10 Å². The zero-order chi connectivity index (χ0) is 16.6. The molecule has 0 saturated carbocycles. The Kier molecular flexibility index (Phi) is 4.27. The van der Waals surface area contributed by atoms with Crippen molar-refractivity contribution in [1.29, 1.82) is 0 Å². The van der Waals surface area contributed by atoms with Gasteiger partial charge in [0.05, 0.1) is 24.1 Å². The minimum absolute atomic E-state index is 0.239. The Hall–Kier alpha value is -1.70. The highest BCUT2D eigenvalue weighted by Gasteiger charge is 2.34. The van der Waals surface area contributed by atoms with E-state index in [1.54, 1.807) is 25.6 Å². The Morgan fingerprint density at radius 2 is 1.91 bits per heavy atom. The monoisotopic (exact) mass is 335 g/mol. The third-order valence-corrected chi connectivity index (χ3v) is 6.36. The highest BCUT2D eigenvalue weighted by molar-refractivity contribution is 7.89. The lowest BCUT2D eigenvalue weighted by Crippen LogP contribution is -2.42. The van der Waals surface area contributed by atoms with Crippen molar-refractivity contribution in [2.45, 2.75) is 24.8 Å². The van der Waals surface area contributed by atoms with Gasteiger partial charge < -0.3 is 4.74 Å². The summed E-state index contributed by atoms with van der Waals surface area (Å²) in [5, 5.41) is 4.23. The normalized spacial score (nSPS) is 19.9. The molecule has 1 atom stereocenters. The number of rotatable bonds is 3. The molecule has 23 heavy (non-hydrogen) atoms. The van der Waals surface area contributed by atoms with Gasteiger partial charge in [0.2, 0.25) is 10.0 Å². The molecule has 0 spiro atoms. The summed E-state index contributed by atoms with van der Waals surface area (Å²) in [4.78, 5) is 0.314. The topological polar surface area (TPSA) is 64.4 Å². The Labute approximate surface area is 136 Å². The average Bonchev–Trinajstić information content (AvgIpc) is 2.81. The van der Waals surface area contributed by atoms with Crippen LogP contribution in [-0.4, -0.2) is 42.2 Å². The molecular weight excluding hydrogens is 314 g/mol. The van der Waals surface area contributed by atoms with Gasteiger partial charge in [-0.15, -0.1) is 0 Å². The largest absolute Gasteiger partial charge is 0.371 e. The highest BCUT2D eigenvalue weighted by Crippen LogP contribution is 2.28. The number of nitrogens with zero attached hydrogens (tertiary/aromatic N) is 3. The van der Waals surface area contributed by atoms with Gasteiger partial charge in [-0.1, -0.05) is 30.3 Å². The van der Waals surface area contributed by atoms with E-state index in [0.29, 0.717) is 36.0 Å².